The molecule has 3 N–H and O–H groups in total. The molecule has 0 bridgehead atoms. The van der Waals surface area contributed by atoms with Gasteiger partial charge in [0.25, 0.3) is 5.91 Å². The molecule has 0 saturated carbocycles. The molecule has 3 aromatic rings. The van der Waals surface area contributed by atoms with Crippen LogP contribution >= 0.6 is 11.6 Å². The molecule has 0 aliphatic rings. The molecule has 1 amide bonds. The molecule has 1 heterocycles. The number of carbonyl (C=O) groups excluding carboxylic acids is 1. The third-order valence-electron chi connectivity index (χ3n) is 4.69. The Morgan fingerprint density at radius 1 is 1.15 bits per heavy atom. The maximum atomic E-state index is 14.9. The zero-order chi connectivity index (χ0) is 24.5. The summed E-state index contributed by atoms with van der Waals surface area (Å²) in [6.45, 7) is 2.39. The number of amides is 1. The summed E-state index contributed by atoms with van der Waals surface area (Å²) >= 11 is 5.88. The van der Waals surface area contributed by atoms with E-state index in [4.69, 9.17) is 22.1 Å². The van der Waals surface area contributed by atoms with Gasteiger partial charge in [-0.05, 0) is 49.7 Å². The Kier molecular flexibility index (Phi) is 6.78. The summed E-state index contributed by atoms with van der Waals surface area (Å²) in [6, 6.07) is 8.16. The lowest BCUT2D eigenvalue weighted by atomic mass is 10.0. The summed E-state index contributed by atoms with van der Waals surface area (Å²) in [5.74, 6) is -3.51. The van der Waals surface area contributed by atoms with E-state index in [2.05, 4.69) is 10.3 Å². The second kappa shape index (κ2) is 9.22. The molecule has 1 atom stereocenters. The number of aryl methyl sites for hydroxylation is 1. The Balaban J connectivity index is 2.10. The van der Waals surface area contributed by atoms with E-state index in [0.717, 1.165) is 19.1 Å². The molecule has 0 fully saturated rings. The van der Waals surface area contributed by atoms with Crippen molar-refractivity contribution in [1.82, 2.24) is 4.98 Å². The molecule has 11 heteroatoms. The van der Waals surface area contributed by atoms with Crippen LogP contribution in [0.25, 0.3) is 11.3 Å². The van der Waals surface area contributed by atoms with Crippen LogP contribution in [0, 0.1) is 18.6 Å². The number of nitrogens with two attached hydrogens (primary N) is 1. The van der Waals surface area contributed by atoms with Crippen LogP contribution in [-0.2, 0) is 0 Å². The number of hydrogen-bond donors (Lipinski definition) is 2. The number of aromatic nitrogens is 1. The second-order valence-corrected chi connectivity index (χ2v) is 7.49. The van der Waals surface area contributed by atoms with Crippen molar-refractivity contribution in [3.8, 4) is 17.0 Å². The summed E-state index contributed by atoms with van der Waals surface area (Å²) in [7, 11) is 0. The van der Waals surface area contributed by atoms with Gasteiger partial charge in [0.2, 0.25) is 0 Å². The highest BCUT2D eigenvalue weighted by atomic mass is 35.5. The van der Waals surface area contributed by atoms with Crippen LogP contribution in [0.4, 0.5) is 33.5 Å². The fraction of sp³-hybridized carbons (Fsp3) is 0.182. The molecule has 0 aliphatic heterocycles. The Morgan fingerprint density at radius 2 is 1.85 bits per heavy atom. The van der Waals surface area contributed by atoms with E-state index in [1.54, 1.807) is 13.0 Å². The molecule has 33 heavy (non-hydrogen) atoms. The lowest BCUT2D eigenvalue weighted by molar-refractivity contribution is -0.189. The standard InChI is InChI=1S/C22H17ClF5N3O2/c1-10-6-7-17(30-20(10)29)12-9-18(33-11(2)22(26,27)28)13(8-16(12)25)21(32)31-19-14(23)4-3-5-15(19)24/h3-9,11H,1-2H3,(H2,29,30)(H,31,32)/t11-/m0/s1. The first-order chi connectivity index (χ1) is 15.4. The van der Waals surface area contributed by atoms with E-state index in [0.29, 0.717) is 11.6 Å². The fourth-order valence-corrected chi connectivity index (χ4v) is 2.98. The van der Waals surface area contributed by atoms with E-state index in [1.807, 2.05) is 0 Å². The Bertz CT molecular complexity index is 1200. The van der Waals surface area contributed by atoms with Crippen LogP contribution in [0.1, 0.15) is 22.8 Å². The van der Waals surface area contributed by atoms with Crippen molar-refractivity contribution in [2.45, 2.75) is 26.1 Å². The van der Waals surface area contributed by atoms with Gasteiger partial charge in [0, 0.05) is 5.56 Å². The van der Waals surface area contributed by atoms with Gasteiger partial charge in [0.1, 0.15) is 23.2 Å². The van der Waals surface area contributed by atoms with Crippen molar-refractivity contribution in [1.29, 1.82) is 0 Å². The van der Waals surface area contributed by atoms with Gasteiger partial charge in [-0.1, -0.05) is 23.7 Å². The van der Waals surface area contributed by atoms with E-state index >= 15 is 0 Å². The quantitative estimate of drug-likeness (QED) is 0.425. The molecular formula is C22H17ClF5N3O2. The summed E-state index contributed by atoms with van der Waals surface area (Å²) in [5.41, 5.74) is 5.11. The molecule has 174 valence electrons. The highest BCUT2D eigenvalue weighted by molar-refractivity contribution is 6.34. The monoisotopic (exact) mass is 485 g/mol. The fourth-order valence-electron chi connectivity index (χ4n) is 2.77. The van der Waals surface area contributed by atoms with E-state index in [-0.39, 0.29) is 22.1 Å². The number of benzene rings is 2. The molecule has 0 unspecified atom stereocenters. The van der Waals surface area contributed by atoms with Crippen LogP contribution in [-0.4, -0.2) is 23.2 Å². The highest BCUT2D eigenvalue weighted by Gasteiger charge is 2.39. The van der Waals surface area contributed by atoms with Crippen molar-refractivity contribution in [3.63, 3.8) is 0 Å². The number of pyridine rings is 1. The first-order valence-corrected chi connectivity index (χ1v) is 9.82. The molecule has 0 spiro atoms. The zero-order valence-electron chi connectivity index (χ0n) is 17.2. The number of ether oxygens (including phenoxy) is 1. The largest absolute Gasteiger partial charge is 0.480 e. The average Bonchev–Trinajstić information content (AvgIpc) is 2.73. The molecule has 0 aliphatic carbocycles. The molecule has 2 aromatic carbocycles. The van der Waals surface area contributed by atoms with E-state index in [1.165, 1.54) is 18.2 Å². The first-order valence-electron chi connectivity index (χ1n) is 9.44. The van der Waals surface area contributed by atoms with Gasteiger partial charge in [-0.25, -0.2) is 13.8 Å². The number of halogens is 6. The minimum Gasteiger partial charge on any atom is -0.480 e. The highest BCUT2D eigenvalue weighted by Crippen LogP contribution is 2.34. The normalized spacial score (nSPS) is 12.4. The molecule has 1 aromatic heterocycles. The number of nitrogen functional groups attached to an aromatic ring is 1. The molecule has 0 radical (unpaired) electrons. The van der Waals surface area contributed by atoms with Gasteiger partial charge < -0.3 is 15.8 Å². The van der Waals surface area contributed by atoms with Crippen molar-refractivity contribution in [3.05, 3.63) is 70.2 Å². The van der Waals surface area contributed by atoms with Crippen LogP contribution in [0.5, 0.6) is 5.75 Å². The number of rotatable bonds is 5. The maximum absolute atomic E-state index is 14.9. The summed E-state index contributed by atoms with van der Waals surface area (Å²) in [5, 5.41) is 1.98. The van der Waals surface area contributed by atoms with Gasteiger partial charge >= 0.3 is 6.18 Å². The first kappa shape index (κ1) is 24.2. The number of nitrogens with zero attached hydrogens (tertiary/aromatic N) is 1. The maximum Gasteiger partial charge on any atom is 0.425 e. The minimum absolute atomic E-state index is 0.0178. The number of alkyl halides is 3. The predicted molar refractivity (Wildman–Crippen MR) is 114 cm³/mol. The summed E-state index contributed by atoms with van der Waals surface area (Å²) in [4.78, 5) is 16.8. The lowest BCUT2D eigenvalue weighted by Crippen LogP contribution is -2.32. The van der Waals surface area contributed by atoms with Crippen molar-refractivity contribution >= 4 is 29.0 Å². The number of hydrogen-bond acceptors (Lipinski definition) is 4. The van der Waals surface area contributed by atoms with E-state index in [9.17, 15) is 26.7 Å². The molecular weight excluding hydrogens is 469 g/mol. The Morgan fingerprint density at radius 3 is 2.45 bits per heavy atom. The van der Waals surface area contributed by atoms with E-state index < -0.39 is 46.8 Å². The van der Waals surface area contributed by atoms with Crippen LogP contribution < -0.4 is 15.8 Å². The second-order valence-electron chi connectivity index (χ2n) is 7.08. The predicted octanol–water partition coefficient (Wildman–Crippen LogP) is 6.15. The number of anilines is 2. The SMILES string of the molecule is Cc1ccc(-c2cc(O[C@@H](C)C(F)(F)F)c(C(=O)Nc3c(F)cccc3Cl)cc2F)nc1N. The summed E-state index contributed by atoms with van der Waals surface area (Å²) < 4.78 is 73.3. The zero-order valence-corrected chi connectivity index (χ0v) is 18.0. The van der Waals surface area contributed by atoms with Crippen LogP contribution in [0.15, 0.2) is 42.5 Å². The summed E-state index contributed by atoms with van der Waals surface area (Å²) in [6.07, 6.45) is -7.11. The average molecular weight is 486 g/mol. The Hall–Kier alpha value is -3.40. The third-order valence-corrected chi connectivity index (χ3v) is 5.01. The lowest BCUT2D eigenvalue weighted by Gasteiger charge is -2.21. The number of carbonyl (C=O) groups is 1. The van der Waals surface area contributed by atoms with Crippen molar-refractivity contribution in [2.75, 3.05) is 11.1 Å². The Labute approximate surface area is 190 Å². The smallest absolute Gasteiger partial charge is 0.425 e. The molecule has 5 nitrogen and oxygen atoms in total. The van der Waals surface area contributed by atoms with Crippen molar-refractivity contribution in [2.24, 2.45) is 0 Å². The number of nitrogens with one attached hydrogen (secondary N) is 1. The van der Waals surface area contributed by atoms with Crippen LogP contribution in [0.3, 0.4) is 0 Å². The number of para-hydroxylation sites is 1. The minimum atomic E-state index is -4.77. The van der Waals surface area contributed by atoms with Gasteiger partial charge in [0.15, 0.2) is 6.10 Å². The van der Waals surface area contributed by atoms with Crippen molar-refractivity contribution < 1.29 is 31.5 Å². The van der Waals surface area contributed by atoms with Gasteiger partial charge in [-0.15, -0.1) is 0 Å². The molecule has 3 rings (SSSR count). The topological polar surface area (TPSA) is 77.2 Å². The van der Waals surface area contributed by atoms with Gasteiger partial charge in [0.05, 0.1) is 22.0 Å². The molecule has 0 saturated heterocycles. The van der Waals surface area contributed by atoms with Crippen LogP contribution in [0.2, 0.25) is 5.02 Å². The van der Waals surface area contributed by atoms with Gasteiger partial charge in [-0.3, -0.25) is 4.79 Å². The third kappa shape index (κ3) is 5.33. The van der Waals surface area contributed by atoms with Gasteiger partial charge in [-0.2, -0.15) is 13.2 Å².